The van der Waals surface area contributed by atoms with E-state index in [1.165, 1.54) is 6.20 Å². The van der Waals surface area contributed by atoms with E-state index in [0.717, 1.165) is 18.2 Å². The van der Waals surface area contributed by atoms with Crippen molar-refractivity contribution in [2.45, 2.75) is 6.54 Å². The SMILES string of the molecule is CNCc1ncc(-c2cc(F)ccc2[N+](=O)[O-])o1. The molecule has 0 spiro atoms. The highest BCUT2D eigenvalue weighted by Gasteiger charge is 2.19. The molecule has 94 valence electrons. The van der Waals surface area contributed by atoms with E-state index in [0.29, 0.717) is 12.4 Å². The van der Waals surface area contributed by atoms with Crippen molar-refractivity contribution in [2.24, 2.45) is 0 Å². The van der Waals surface area contributed by atoms with Gasteiger partial charge in [0.2, 0.25) is 5.89 Å². The molecule has 0 amide bonds. The minimum absolute atomic E-state index is 0.0786. The molecular weight excluding hydrogens is 241 g/mol. The van der Waals surface area contributed by atoms with Crippen molar-refractivity contribution < 1.29 is 13.7 Å². The maximum atomic E-state index is 13.2. The van der Waals surface area contributed by atoms with Crippen molar-refractivity contribution >= 4 is 5.69 Å². The van der Waals surface area contributed by atoms with Gasteiger partial charge in [-0.2, -0.15) is 0 Å². The maximum absolute atomic E-state index is 13.2. The molecule has 1 heterocycles. The zero-order valence-electron chi connectivity index (χ0n) is 9.51. The Kier molecular flexibility index (Phi) is 3.33. The molecule has 2 rings (SSSR count). The molecule has 0 saturated carbocycles. The number of nitro groups is 1. The quantitative estimate of drug-likeness (QED) is 0.664. The van der Waals surface area contributed by atoms with Gasteiger partial charge in [-0.1, -0.05) is 0 Å². The minimum atomic E-state index is -0.588. The summed E-state index contributed by atoms with van der Waals surface area (Å²) < 4.78 is 18.5. The summed E-state index contributed by atoms with van der Waals surface area (Å²) in [4.78, 5) is 14.2. The molecule has 1 N–H and O–H groups in total. The van der Waals surface area contributed by atoms with Gasteiger partial charge < -0.3 is 9.73 Å². The molecule has 0 radical (unpaired) electrons. The monoisotopic (exact) mass is 251 g/mol. The Bertz CT molecular complexity index is 583. The number of rotatable bonds is 4. The number of nitrogens with one attached hydrogen (secondary N) is 1. The number of benzene rings is 1. The van der Waals surface area contributed by atoms with Gasteiger partial charge in [0, 0.05) is 6.07 Å². The lowest BCUT2D eigenvalue weighted by molar-refractivity contribution is -0.384. The smallest absolute Gasteiger partial charge is 0.280 e. The molecule has 1 aromatic heterocycles. The average molecular weight is 251 g/mol. The summed E-state index contributed by atoms with van der Waals surface area (Å²) >= 11 is 0. The van der Waals surface area contributed by atoms with Crippen LogP contribution in [0.4, 0.5) is 10.1 Å². The van der Waals surface area contributed by atoms with Gasteiger partial charge in [-0.25, -0.2) is 9.37 Å². The molecule has 18 heavy (non-hydrogen) atoms. The molecule has 0 atom stereocenters. The van der Waals surface area contributed by atoms with E-state index in [1.54, 1.807) is 7.05 Å². The van der Waals surface area contributed by atoms with Crippen LogP contribution in [-0.2, 0) is 6.54 Å². The van der Waals surface area contributed by atoms with Crippen LogP contribution < -0.4 is 5.32 Å². The van der Waals surface area contributed by atoms with Gasteiger partial charge in [-0.3, -0.25) is 10.1 Å². The fourth-order valence-corrected chi connectivity index (χ4v) is 1.53. The second kappa shape index (κ2) is 4.92. The number of hydrogen-bond acceptors (Lipinski definition) is 5. The summed E-state index contributed by atoms with van der Waals surface area (Å²) in [5.41, 5.74) is -0.140. The molecule has 7 heteroatoms. The Morgan fingerprint density at radius 3 is 3.00 bits per heavy atom. The Hall–Kier alpha value is -2.28. The van der Waals surface area contributed by atoms with Crippen LogP contribution in [0.5, 0.6) is 0 Å². The van der Waals surface area contributed by atoms with E-state index in [9.17, 15) is 14.5 Å². The third-order valence-electron chi connectivity index (χ3n) is 2.30. The third kappa shape index (κ3) is 2.35. The number of nitrogens with zero attached hydrogens (tertiary/aromatic N) is 2. The summed E-state index contributed by atoms with van der Waals surface area (Å²) in [6.45, 7) is 0.392. The topological polar surface area (TPSA) is 81.2 Å². The van der Waals surface area contributed by atoms with Gasteiger partial charge >= 0.3 is 0 Å². The van der Waals surface area contributed by atoms with Gasteiger partial charge in [0.25, 0.3) is 5.69 Å². The molecule has 0 bridgehead atoms. The second-order valence-electron chi connectivity index (χ2n) is 3.57. The minimum Gasteiger partial charge on any atom is -0.439 e. The van der Waals surface area contributed by atoms with E-state index < -0.39 is 10.7 Å². The third-order valence-corrected chi connectivity index (χ3v) is 2.30. The number of oxazole rings is 1. The van der Waals surface area contributed by atoms with Gasteiger partial charge in [-0.15, -0.1) is 0 Å². The van der Waals surface area contributed by atoms with Crippen molar-refractivity contribution in [1.29, 1.82) is 0 Å². The molecule has 0 unspecified atom stereocenters. The van der Waals surface area contributed by atoms with Crippen LogP contribution in [0.15, 0.2) is 28.8 Å². The van der Waals surface area contributed by atoms with E-state index in [4.69, 9.17) is 4.42 Å². The lowest BCUT2D eigenvalue weighted by atomic mass is 10.1. The molecule has 0 saturated heterocycles. The summed E-state index contributed by atoms with van der Waals surface area (Å²) in [6.07, 6.45) is 1.34. The van der Waals surface area contributed by atoms with E-state index in [1.807, 2.05) is 0 Å². The lowest BCUT2D eigenvalue weighted by Crippen LogP contribution is -2.04. The van der Waals surface area contributed by atoms with E-state index >= 15 is 0 Å². The largest absolute Gasteiger partial charge is 0.439 e. The standard InChI is InChI=1S/C11H10FN3O3/c1-13-6-11-14-5-10(18-11)8-4-7(12)2-3-9(8)15(16)17/h2-5,13H,6H2,1H3. The fourth-order valence-electron chi connectivity index (χ4n) is 1.53. The zero-order chi connectivity index (χ0) is 13.1. The highest BCUT2D eigenvalue weighted by atomic mass is 19.1. The molecule has 0 aliphatic rings. The maximum Gasteiger partial charge on any atom is 0.280 e. The second-order valence-corrected chi connectivity index (χ2v) is 3.57. The normalized spacial score (nSPS) is 10.6. The predicted molar refractivity (Wildman–Crippen MR) is 61.3 cm³/mol. The highest BCUT2D eigenvalue weighted by Crippen LogP contribution is 2.30. The van der Waals surface area contributed by atoms with Crippen LogP contribution in [0.1, 0.15) is 5.89 Å². The van der Waals surface area contributed by atoms with Crippen LogP contribution >= 0.6 is 0 Å². The molecule has 0 aliphatic carbocycles. The lowest BCUT2D eigenvalue weighted by Gasteiger charge is -1.99. The molecule has 2 aromatic rings. The van der Waals surface area contributed by atoms with Crippen LogP contribution in [0, 0.1) is 15.9 Å². The first-order valence-electron chi connectivity index (χ1n) is 5.15. The Balaban J connectivity index is 2.47. The van der Waals surface area contributed by atoms with Gasteiger partial charge in [0.05, 0.1) is 23.2 Å². The summed E-state index contributed by atoms with van der Waals surface area (Å²) in [5, 5.41) is 13.7. The summed E-state index contributed by atoms with van der Waals surface area (Å²) in [6, 6.07) is 3.19. The highest BCUT2D eigenvalue weighted by molar-refractivity contribution is 5.68. The Labute approximate surface area is 102 Å². The van der Waals surface area contributed by atoms with Crippen molar-refractivity contribution in [3.63, 3.8) is 0 Å². The Morgan fingerprint density at radius 1 is 1.56 bits per heavy atom. The first-order chi connectivity index (χ1) is 8.61. The summed E-state index contributed by atoms with van der Waals surface area (Å²) in [5.74, 6) is -0.0142. The van der Waals surface area contributed by atoms with Crippen molar-refractivity contribution in [3.05, 3.63) is 46.2 Å². The van der Waals surface area contributed by atoms with Crippen molar-refractivity contribution in [1.82, 2.24) is 10.3 Å². The van der Waals surface area contributed by atoms with Crippen molar-refractivity contribution in [2.75, 3.05) is 7.05 Å². The number of aromatic nitrogens is 1. The van der Waals surface area contributed by atoms with Crippen LogP contribution in [0.2, 0.25) is 0 Å². The van der Waals surface area contributed by atoms with Crippen LogP contribution in [0.25, 0.3) is 11.3 Å². The van der Waals surface area contributed by atoms with Crippen LogP contribution in [0.3, 0.4) is 0 Å². The van der Waals surface area contributed by atoms with Gasteiger partial charge in [0.15, 0.2) is 5.76 Å². The fraction of sp³-hybridized carbons (Fsp3) is 0.182. The molecule has 0 aliphatic heterocycles. The molecular formula is C11H10FN3O3. The number of hydrogen-bond donors (Lipinski definition) is 1. The van der Waals surface area contributed by atoms with Gasteiger partial charge in [-0.05, 0) is 19.2 Å². The van der Waals surface area contributed by atoms with E-state index in [-0.39, 0.29) is 17.0 Å². The predicted octanol–water partition coefficient (Wildman–Crippen LogP) is 2.11. The number of halogens is 1. The summed E-state index contributed by atoms with van der Waals surface area (Å²) in [7, 11) is 1.72. The van der Waals surface area contributed by atoms with Gasteiger partial charge in [0.1, 0.15) is 5.82 Å². The van der Waals surface area contributed by atoms with Crippen molar-refractivity contribution in [3.8, 4) is 11.3 Å². The average Bonchev–Trinajstić information content (AvgIpc) is 2.77. The molecule has 0 fully saturated rings. The molecule has 6 nitrogen and oxygen atoms in total. The Morgan fingerprint density at radius 2 is 2.33 bits per heavy atom. The number of nitro benzene ring substituents is 1. The molecule has 1 aromatic carbocycles. The zero-order valence-corrected chi connectivity index (χ0v) is 9.51. The first kappa shape index (κ1) is 12.2. The van der Waals surface area contributed by atoms with Crippen LogP contribution in [-0.4, -0.2) is 17.0 Å². The first-order valence-corrected chi connectivity index (χ1v) is 5.15. The van der Waals surface area contributed by atoms with E-state index in [2.05, 4.69) is 10.3 Å².